The largest absolute Gasteiger partial charge is 0.490 e. The summed E-state index contributed by atoms with van der Waals surface area (Å²) < 4.78 is 33.4. The molecule has 4 heterocycles. The molecule has 1 aliphatic rings. The zero-order valence-electron chi connectivity index (χ0n) is 23.0. The number of carbonyl (C=O) groups is 2. The number of aliphatic carboxylic acids is 1. The first-order valence-electron chi connectivity index (χ1n) is 13.3. The van der Waals surface area contributed by atoms with E-state index in [4.69, 9.17) is 9.90 Å². The van der Waals surface area contributed by atoms with Gasteiger partial charge in [0.05, 0.1) is 29.7 Å². The van der Waals surface area contributed by atoms with Crippen molar-refractivity contribution in [1.82, 2.24) is 40.5 Å². The quantitative estimate of drug-likeness (QED) is 0.202. The van der Waals surface area contributed by atoms with Gasteiger partial charge in [0.25, 0.3) is 5.91 Å². The van der Waals surface area contributed by atoms with E-state index in [9.17, 15) is 23.1 Å². The SMILES string of the molecule is CC(C)(O)c1ccnc(CNC(=O)c2cn(CCCCc3cc4cc(C5CC5)[nH]c4nn3)nn2)c1.O=C(O)C(F)(F)F. The van der Waals surface area contributed by atoms with Crippen LogP contribution < -0.4 is 5.32 Å². The maximum Gasteiger partial charge on any atom is 0.490 e. The van der Waals surface area contributed by atoms with E-state index in [1.54, 1.807) is 43.1 Å². The van der Waals surface area contributed by atoms with E-state index in [-0.39, 0.29) is 18.1 Å². The molecule has 0 aliphatic heterocycles. The number of H-pyrrole nitrogens is 1. The second-order valence-corrected chi connectivity index (χ2v) is 10.5. The molecule has 1 aliphatic carbocycles. The van der Waals surface area contributed by atoms with Gasteiger partial charge in [0, 0.05) is 23.8 Å². The third-order valence-corrected chi connectivity index (χ3v) is 6.50. The summed E-state index contributed by atoms with van der Waals surface area (Å²) in [6.07, 6.45) is 3.37. The van der Waals surface area contributed by atoms with Crippen LogP contribution in [0, 0.1) is 0 Å². The zero-order valence-corrected chi connectivity index (χ0v) is 23.0. The number of aryl methyl sites for hydroxylation is 2. The number of fused-ring (bicyclic) bond motifs is 1. The first-order valence-corrected chi connectivity index (χ1v) is 13.3. The molecule has 0 unspecified atom stereocenters. The van der Waals surface area contributed by atoms with Crippen LogP contribution >= 0.6 is 0 Å². The fourth-order valence-electron chi connectivity index (χ4n) is 4.04. The number of rotatable bonds is 10. The van der Waals surface area contributed by atoms with E-state index < -0.39 is 17.7 Å². The number of aliphatic hydroxyl groups is 1. The number of amides is 1. The molecule has 0 saturated heterocycles. The lowest BCUT2D eigenvalue weighted by molar-refractivity contribution is -0.192. The van der Waals surface area contributed by atoms with Gasteiger partial charge < -0.3 is 20.5 Å². The molecule has 1 fully saturated rings. The van der Waals surface area contributed by atoms with Gasteiger partial charge in [-0.05, 0) is 81.7 Å². The summed E-state index contributed by atoms with van der Waals surface area (Å²) in [5, 5.41) is 38.0. The topological polar surface area (TPSA) is 172 Å². The molecular weight excluding hydrogens is 557 g/mol. The molecule has 1 amide bonds. The van der Waals surface area contributed by atoms with Crippen molar-refractivity contribution < 1.29 is 33.0 Å². The number of hydrogen-bond donors (Lipinski definition) is 4. The minimum atomic E-state index is -5.08. The Morgan fingerprint density at radius 3 is 2.50 bits per heavy atom. The number of aromatic nitrogens is 7. The third-order valence-electron chi connectivity index (χ3n) is 6.50. The average molecular weight is 589 g/mol. The second-order valence-electron chi connectivity index (χ2n) is 10.5. The number of nitrogens with one attached hydrogen (secondary N) is 2. The maximum absolute atomic E-state index is 12.5. The molecule has 224 valence electrons. The highest BCUT2D eigenvalue weighted by Gasteiger charge is 2.38. The molecule has 4 aromatic heterocycles. The highest BCUT2D eigenvalue weighted by molar-refractivity contribution is 5.91. The highest BCUT2D eigenvalue weighted by atomic mass is 19.4. The molecule has 4 aromatic rings. The maximum atomic E-state index is 12.5. The van der Waals surface area contributed by atoms with Gasteiger partial charge in [0.1, 0.15) is 0 Å². The Kier molecular flexibility index (Phi) is 9.19. The van der Waals surface area contributed by atoms with E-state index in [0.717, 1.165) is 41.6 Å². The molecule has 0 aromatic carbocycles. The standard InChI is InChI=1S/C25H30N8O2.C2HF3O2/c1-25(2,35)18-8-9-26-20(13-18)14-27-24(34)22-15-33(32-30-22)10-4-3-5-19-11-17-12-21(16-6-7-16)28-23(17)31-29-19;3-2(4,5)1(6)7/h8-9,11-13,15-16,35H,3-7,10,14H2,1-2H3,(H,27,34)(H,28,31);(H,6,7). The summed E-state index contributed by atoms with van der Waals surface area (Å²) >= 11 is 0. The van der Waals surface area contributed by atoms with Gasteiger partial charge >= 0.3 is 12.1 Å². The van der Waals surface area contributed by atoms with Gasteiger partial charge in [0.2, 0.25) is 0 Å². The Morgan fingerprint density at radius 2 is 1.83 bits per heavy atom. The van der Waals surface area contributed by atoms with Gasteiger partial charge in [0.15, 0.2) is 11.3 Å². The normalized spacial score (nSPS) is 13.5. The van der Waals surface area contributed by atoms with Gasteiger partial charge in [-0.25, -0.2) is 4.79 Å². The van der Waals surface area contributed by atoms with E-state index in [0.29, 0.717) is 18.2 Å². The summed E-state index contributed by atoms with van der Waals surface area (Å²) in [4.78, 5) is 29.0. The molecular formula is C27H31F3N8O4. The number of carboxylic acids is 1. The number of carbonyl (C=O) groups excluding carboxylic acids is 1. The van der Waals surface area contributed by atoms with Gasteiger partial charge in [-0.2, -0.15) is 18.3 Å². The smallest absolute Gasteiger partial charge is 0.475 e. The Balaban J connectivity index is 0.000000517. The minimum absolute atomic E-state index is 0.240. The van der Waals surface area contributed by atoms with Gasteiger partial charge in [-0.3, -0.25) is 14.5 Å². The van der Waals surface area contributed by atoms with Crippen molar-refractivity contribution in [3.05, 3.63) is 65.0 Å². The second kappa shape index (κ2) is 12.6. The van der Waals surface area contributed by atoms with Crippen molar-refractivity contribution in [3.8, 4) is 0 Å². The van der Waals surface area contributed by atoms with E-state index in [1.165, 1.54) is 18.5 Å². The summed E-state index contributed by atoms with van der Waals surface area (Å²) in [6, 6.07) is 7.86. The van der Waals surface area contributed by atoms with Crippen LogP contribution in [0.25, 0.3) is 11.0 Å². The van der Waals surface area contributed by atoms with Crippen LogP contribution in [-0.4, -0.2) is 63.4 Å². The predicted molar refractivity (Wildman–Crippen MR) is 143 cm³/mol. The molecule has 12 nitrogen and oxygen atoms in total. The van der Waals surface area contributed by atoms with Crippen molar-refractivity contribution in [2.24, 2.45) is 0 Å². The number of nitrogens with zero attached hydrogens (tertiary/aromatic N) is 6. The van der Waals surface area contributed by atoms with Gasteiger partial charge in [-0.1, -0.05) is 5.21 Å². The number of aromatic amines is 1. The van der Waals surface area contributed by atoms with Crippen LogP contribution in [-0.2, 0) is 29.9 Å². The summed E-state index contributed by atoms with van der Waals surface area (Å²) in [7, 11) is 0. The third kappa shape index (κ3) is 8.55. The van der Waals surface area contributed by atoms with Crippen LogP contribution in [0.3, 0.4) is 0 Å². The van der Waals surface area contributed by atoms with Crippen LogP contribution in [0.5, 0.6) is 0 Å². The molecule has 0 spiro atoms. The summed E-state index contributed by atoms with van der Waals surface area (Å²) in [6.45, 7) is 4.33. The molecule has 42 heavy (non-hydrogen) atoms. The predicted octanol–water partition coefficient (Wildman–Crippen LogP) is 3.64. The van der Waals surface area contributed by atoms with Crippen molar-refractivity contribution in [3.63, 3.8) is 0 Å². The lowest BCUT2D eigenvalue weighted by atomic mass is 9.99. The van der Waals surface area contributed by atoms with E-state index in [2.05, 4.69) is 47.9 Å². The number of hydrogen-bond acceptors (Lipinski definition) is 8. The monoisotopic (exact) mass is 588 g/mol. The Morgan fingerprint density at radius 1 is 1.10 bits per heavy atom. The number of carboxylic acid groups (broad SMARTS) is 1. The molecule has 0 atom stereocenters. The van der Waals surface area contributed by atoms with Crippen molar-refractivity contribution in [1.29, 1.82) is 0 Å². The van der Waals surface area contributed by atoms with Gasteiger partial charge in [-0.15, -0.1) is 10.2 Å². The lowest BCUT2D eigenvalue weighted by Gasteiger charge is -2.18. The van der Waals surface area contributed by atoms with E-state index in [1.807, 2.05) is 0 Å². The van der Waals surface area contributed by atoms with E-state index >= 15 is 0 Å². The number of pyridine rings is 1. The van der Waals surface area contributed by atoms with Crippen molar-refractivity contribution in [2.75, 3.05) is 0 Å². The Bertz CT molecular complexity index is 1540. The molecule has 0 bridgehead atoms. The molecule has 1 saturated carbocycles. The first-order chi connectivity index (χ1) is 19.8. The zero-order chi connectivity index (χ0) is 30.5. The van der Waals surface area contributed by atoms with Crippen molar-refractivity contribution >= 4 is 22.9 Å². The number of unbranched alkanes of at least 4 members (excludes halogenated alkanes) is 1. The fourth-order valence-corrected chi connectivity index (χ4v) is 4.04. The van der Waals surface area contributed by atoms with Crippen LogP contribution in [0.4, 0.5) is 13.2 Å². The molecule has 5 rings (SSSR count). The number of halogens is 3. The average Bonchev–Trinajstić information content (AvgIpc) is 3.52. The van der Waals surface area contributed by atoms with Crippen LogP contribution in [0.2, 0.25) is 0 Å². The van der Waals surface area contributed by atoms with Crippen LogP contribution in [0.1, 0.15) is 78.6 Å². The van der Waals surface area contributed by atoms with Crippen molar-refractivity contribution in [2.45, 2.75) is 76.7 Å². The Labute approximate surface area is 238 Å². The lowest BCUT2D eigenvalue weighted by Crippen LogP contribution is -2.24. The molecule has 15 heteroatoms. The van der Waals surface area contributed by atoms with Crippen LogP contribution in [0.15, 0.2) is 36.7 Å². The summed E-state index contributed by atoms with van der Waals surface area (Å²) in [5.41, 5.74) is 3.82. The molecule has 0 radical (unpaired) electrons. The summed E-state index contributed by atoms with van der Waals surface area (Å²) in [5.74, 6) is -2.40. The number of alkyl halides is 3. The first kappa shape index (κ1) is 30.6. The fraction of sp³-hybridized carbons (Fsp3) is 0.444. The minimum Gasteiger partial charge on any atom is -0.475 e. The molecule has 4 N–H and O–H groups in total. The highest BCUT2D eigenvalue weighted by Crippen LogP contribution is 2.40. The Hall–Kier alpha value is -4.40.